The van der Waals surface area contributed by atoms with Gasteiger partial charge in [-0.05, 0) is 26.2 Å². The molecule has 1 heterocycles. The van der Waals surface area contributed by atoms with Crippen molar-refractivity contribution in [3.63, 3.8) is 0 Å². The summed E-state index contributed by atoms with van der Waals surface area (Å²) in [5.74, 6) is 5.38. The lowest BCUT2D eigenvalue weighted by Gasteiger charge is -2.25. The van der Waals surface area contributed by atoms with Gasteiger partial charge in [-0.3, -0.25) is 0 Å². The summed E-state index contributed by atoms with van der Waals surface area (Å²) in [7, 11) is 0. The van der Waals surface area contributed by atoms with Gasteiger partial charge >= 0.3 is 6.09 Å². The van der Waals surface area contributed by atoms with Crippen LogP contribution in [0.2, 0.25) is 0 Å². The van der Waals surface area contributed by atoms with E-state index < -0.39 is 0 Å². The minimum atomic E-state index is -0.220. The predicted molar refractivity (Wildman–Crippen MR) is 50.2 cm³/mol. The van der Waals surface area contributed by atoms with Crippen LogP contribution in [0.3, 0.4) is 0 Å². The van der Waals surface area contributed by atoms with E-state index in [1.165, 1.54) is 6.42 Å². The zero-order valence-electron chi connectivity index (χ0n) is 8.01. The smallest absolute Gasteiger partial charge is 0.410 e. The third-order valence-corrected chi connectivity index (χ3v) is 2.06. The SMILES string of the molecule is CC#CCOC(=O)N1CCCCC1. The molecular formula is C10H15NO2. The highest BCUT2D eigenvalue weighted by Crippen LogP contribution is 2.09. The molecule has 0 aromatic heterocycles. The second-order valence-corrected chi connectivity index (χ2v) is 3.03. The maximum absolute atomic E-state index is 11.3. The third kappa shape index (κ3) is 3.37. The first-order valence-corrected chi connectivity index (χ1v) is 4.66. The van der Waals surface area contributed by atoms with Crippen LogP contribution < -0.4 is 0 Å². The van der Waals surface area contributed by atoms with Crippen LogP contribution in [0.1, 0.15) is 26.2 Å². The number of carbonyl (C=O) groups excluding carboxylic acids is 1. The lowest BCUT2D eigenvalue weighted by Crippen LogP contribution is -2.36. The molecule has 1 aliphatic heterocycles. The quantitative estimate of drug-likeness (QED) is 0.575. The number of amides is 1. The molecule has 0 N–H and O–H groups in total. The van der Waals surface area contributed by atoms with Crippen LogP contribution in [0.15, 0.2) is 0 Å². The molecule has 72 valence electrons. The fraction of sp³-hybridized carbons (Fsp3) is 0.700. The largest absolute Gasteiger partial charge is 0.436 e. The van der Waals surface area contributed by atoms with Crippen molar-refractivity contribution < 1.29 is 9.53 Å². The Hall–Kier alpha value is -1.17. The van der Waals surface area contributed by atoms with Crippen LogP contribution in [0.5, 0.6) is 0 Å². The van der Waals surface area contributed by atoms with E-state index in [1.54, 1.807) is 11.8 Å². The van der Waals surface area contributed by atoms with Crippen molar-refractivity contribution in [3.8, 4) is 11.8 Å². The monoisotopic (exact) mass is 181 g/mol. The number of rotatable bonds is 1. The van der Waals surface area contributed by atoms with E-state index in [9.17, 15) is 4.79 Å². The van der Waals surface area contributed by atoms with Crippen molar-refractivity contribution in [3.05, 3.63) is 0 Å². The minimum absolute atomic E-state index is 0.214. The molecule has 1 rings (SSSR count). The first-order chi connectivity index (χ1) is 6.34. The third-order valence-electron chi connectivity index (χ3n) is 2.06. The summed E-state index contributed by atoms with van der Waals surface area (Å²) in [6.07, 6.45) is 3.18. The van der Waals surface area contributed by atoms with Crippen LogP contribution in [0.4, 0.5) is 4.79 Å². The summed E-state index contributed by atoms with van der Waals surface area (Å²) in [6, 6.07) is 0. The van der Waals surface area contributed by atoms with Gasteiger partial charge in [0.1, 0.15) is 0 Å². The standard InChI is InChI=1S/C10H15NO2/c1-2-3-9-13-10(12)11-7-5-4-6-8-11/h4-9H2,1H3. The Morgan fingerprint density at radius 1 is 1.38 bits per heavy atom. The molecule has 13 heavy (non-hydrogen) atoms. The molecule has 0 radical (unpaired) electrons. The number of likely N-dealkylation sites (tertiary alicyclic amines) is 1. The van der Waals surface area contributed by atoms with Gasteiger partial charge in [-0.2, -0.15) is 0 Å². The Morgan fingerprint density at radius 3 is 2.69 bits per heavy atom. The highest BCUT2D eigenvalue weighted by atomic mass is 16.6. The van der Waals surface area contributed by atoms with Gasteiger partial charge < -0.3 is 9.64 Å². The average Bonchev–Trinajstić information content (AvgIpc) is 2.19. The lowest BCUT2D eigenvalue weighted by atomic mass is 10.1. The van der Waals surface area contributed by atoms with E-state index in [1.807, 2.05) is 0 Å². The lowest BCUT2D eigenvalue weighted by molar-refractivity contribution is 0.106. The normalized spacial score (nSPS) is 15.9. The molecule has 0 bridgehead atoms. The summed E-state index contributed by atoms with van der Waals surface area (Å²) in [6.45, 7) is 3.61. The fourth-order valence-electron chi connectivity index (χ4n) is 1.34. The van der Waals surface area contributed by atoms with Gasteiger partial charge in [0.15, 0.2) is 6.61 Å². The molecular weight excluding hydrogens is 166 g/mol. The summed E-state index contributed by atoms with van der Waals surface area (Å²) in [5.41, 5.74) is 0. The van der Waals surface area contributed by atoms with Crippen molar-refractivity contribution in [1.29, 1.82) is 0 Å². The molecule has 0 saturated carbocycles. The number of piperidine rings is 1. The van der Waals surface area contributed by atoms with Gasteiger partial charge in [0.2, 0.25) is 0 Å². The van der Waals surface area contributed by atoms with E-state index in [0.717, 1.165) is 25.9 Å². The first kappa shape index (κ1) is 9.91. The summed E-state index contributed by atoms with van der Waals surface area (Å²) in [4.78, 5) is 13.1. The van der Waals surface area contributed by atoms with Gasteiger partial charge in [0.05, 0.1) is 0 Å². The van der Waals surface area contributed by atoms with Gasteiger partial charge in [-0.25, -0.2) is 4.79 Å². The maximum Gasteiger partial charge on any atom is 0.410 e. The number of hydrogen-bond acceptors (Lipinski definition) is 2. The number of nitrogens with zero attached hydrogens (tertiary/aromatic N) is 1. The molecule has 1 fully saturated rings. The number of carbonyl (C=O) groups is 1. The van der Waals surface area contributed by atoms with Crippen molar-refractivity contribution >= 4 is 6.09 Å². The van der Waals surface area contributed by atoms with Crippen LogP contribution >= 0.6 is 0 Å². The Balaban J connectivity index is 2.23. The van der Waals surface area contributed by atoms with Crippen LogP contribution in [-0.4, -0.2) is 30.7 Å². The van der Waals surface area contributed by atoms with Crippen LogP contribution in [0, 0.1) is 11.8 Å². The van der Waals surface area contributed by atoms with Crippen molar-refractivity contribution in [2.24, 2.45) is 0 Å². The number of ether oxygens (including phenoxy) is 1. The highest BCUT2D eigenvalue weighted by Gasteiger charge is 2.16. The molecule has 0 atom stereocenters. The molecule has 1 amide bonds. The summed E-state index contributed by atoms with van der Waals surface area (Å²) in [5, 5.41) is 0. The molecule has 3 heteroatoms. The Bertz CT molecular complexity index is 221. The van der Waals surface area contributed by atoms with E-state index in [2.05, 4.69) is 11.8 Å². The van der Waals surface area contributed by atoms with Gasteiger partial charge in [-0.15, -0.1) is 5.92 Å². The van der Waals surface area contributed by atoms with E-state index >= 15 is 0 Å². The molecule has 0 spiro atoms. The van der Waals surface area contributed by atoms with Crippen molar-refractivity contribution in [2.45, 2.75) is 26.2 Å². The first-order valence-electron chi connectivity index (χ1n) is 4.66. The molecule has 1 aliphatic rings. The zero-order valence-corrected chi connectivity index (χ0v) is 8.01. The molecule has 1 saturated heterocycles. The van der Waals surface area contributed by atoms with E-state index in [-0.39, 0.29) is 12.7 Å². The van der Waals surface area contributed by atoms with Crippen LogP contribution in [0.25, 0.3) is 0 Å². The number of hydrogen-bond donors (Lipinski definition) is 0. The molecule has 3 nitrogen and oxygen atoms in total. The fourth-order valence-corrected chi connectivity index (χ4v) is 1.34. The summed E-state index contributed by atoms with van der Waals surface area (Å²) >= 11 is 0. The van der Waals surface area contributed by atoms with Gasteiger partial charge in [-0.1, -0.05) is 5.92 Å². The van der Waals surface area contributed by atoms with Crippen LogP contribution in [-0.2, 0) is 4.74 Å². The van der Waals surface area contributed by atoms with Crippen molar-refractivity contribution in [2.75, 3.05) is 19.7 Å². The summed E-state index contributed by atoms with van der Waals surface area (Å²) < 4.78 is 4.94. The molecule has 0 unspecified atom stereocenters. The van der Waals surface area contributed by atoms with Crippen molar-refractivity contribution in [1.82, 2.24) is 4.90 Å². The Kier molecular flexibility index (Phi) is 4.17. The topological polar surface area (TPSA) is 29.5 Å². The van der Waals surface area contributed by atoms with E-state index in [0.29, 0.717) is 0 Å². The molecule has 0 aliphatic carbocycles. The maximum atomic E-state index is 11.3. The molecule has 0 aromatic rings. The predicted octanol–water partition coefficient (Wildman–Crippen LogP) is 1.63. The second-order valence-electron chi connectivity index (χ2n) is 3.03. The Morgan fingerprint density at radius 2 is 2.08 bits per heavy atom. The highest BCUT2D eigenvalue weighted by molar-refractivity contribution is 5.67. The minimum Gasteiger partial charge on any atom is -0.436 e. The zero-order chi connectivity index (χ0) is 9.52. The van der Waals surface area contributed by atoms with E-state index in [4.69, 9.17) is 4.74 Å². The second kappa shape index (κ2) is 5.47. The van der Waals surface area contributed by atoms with Gasteiger partial charge in [0, 0.05) is 13.1 Å². The molecule has 0 aromatic carbocycles. The van der Waals surface area contributed by atoms with Gasteiger partial charge in [0.25, 0.3) is 0 Å². The Labute approximate surface area is 79.1 Å². The average molecular weight is 181 g/mol.